The molecule has 7 heteroatoms. The topological polar surface area (TPSA) is 59.5 Å². The molecule has 0 spiro atoms. The first-order valence-electron chi connectivity index (χ1n) is 8.84. The molecule has 0 aliphatic heterocycles. The lowest BCUT2D eigenvalue weighted by Crippen LogP contribution is -2.32. The minimum Gasteiger partial charge on any atom is -0.457 e. The Kier molecular flexibility index (Phi) is 6.21. The van der Waals surface area contributed by atoms with Gasteiger partial charge < -0.3 is 4.74 Å². The van der Waals surface area contributed by atoms with Crippen LogP contribution in [0.4, 0.5) is 5.69 Å². The Morgan fingerprint density at radius 3 is 2.43 bits per heavy atom. The molecule has 5 nitrogen and oxygen atoms in total. The van der Waals surface area contributed by atoms with Gasteiger partial charge in [0, 0.05) is 12.3 Å². The van der Waals surface area contributed by atoms with E-state index in [1.807, 2.05) is 43.3 Å². The summed E-state index contributed by atoms with van der Waals surface area (Å²) in [6.45, 7) is 3.57. The van der Waals surface area contributed by atoms with E-state index >= 15 is 0 Å². The molecule has 1 heterocycles. The highest BCUT2D eigenvalue weighted by molar-refractivity contribution is 7.92. The molecule has 3 aromatic rings. The van der Waals surface area contributed by atoms with Crippen molar-refractivity contribution in [1.82, 2.24) is 4.98 Å². The quantitative estimate of drug-likeness (QED) is 0.531. The molecule has 0 N–H and O–H groups in total. The second-order valence-electron chi connectivity index (χ2n) is 6.21. The highest BCUT2D eigenvalue weighted by Gasteiger charge is 2.24. The summed E-state index contributed by atoms with van der Waals surface area (Å²) in [6, 6.07) is 18.1. The molecule has 0 atom stereocenters. The minimum atomic E-state index is -3.55. The number of hydrogen-bond donors (Lipinski definition) is 0. The molecular weight excluding hydrogens is 396 g/mol. The van der Waals surface area contributed by atoms with E-state index in [2.05, 4.69) is 4.98 Å². The highest BCUT2D eigenvalue weighted by atomic mass is 35.5. The van der Waals surface area contributed by atoms with Crippen molar-refractivity contribution in [2.24, 2.45) is 0 Å². The first kappa shape index (κ1) is 20.2. The second-order valence-corrected chi connectivity index (χ2v) is 8.80. The Bertz CT molecular complexity index is 1040. The van der Waals surface area contributed by atoms with E-state index in [1.165, 1.54) is 4.31 Å². The average Bonchev–Trinajstić information content (AvgIpc) is 2.70. The van der Waals surface area contributed by atoms with Gasteiger partial charge in [-0.05, 0) is 49.7 Å². The van der Waals surface area contributed by atoms with Crippen LogP contribution in [-0.4, -0.2) is 19.2 Å². The number of sulfonamides is 1. The molecule has 0 unspecified atom stereocenters. The third kappa shape index (κ3) is 4.64. The van der Waals surface area contributed by atoms with Crippen LogP contribution >= 0.6 is 11.6 Å². The molecule has 0 saturated heterocycles. The first-order chi connectivity index (χ1) is 13.4. The predicted octanol–water partition coefficient (Wildman–Crippen LogP) is 5.19. The number of aromatic nitrogens is 1. The molecule has 0 aliphatic carbocycles. The summed E-state index contributed by atoms with van der Waals surface area (Å²) in [4.78, 5) is 4.24. The van der Waals surface area contributed by atoms with Crippen LogP contribution in [0.3, 0.4) is 0 Å². The van der Waals surface area contributed by atoms with Gasteiger partial charge in [-0.1, -0.05) is 35.9 Å². The summed E-state index contributed by atoms with van der Waals surface area (Å²) in [6.07, 6.45) is 1.63. The van der Waals surface area contributed by atoms with Crippen LogP contribution in [0, 0.1) is 6.92 Å². The maximum atomic E-state index is 12.8. The molecule has 0 radical (unpaired) electrons. The lowest BCUT2D eigenvalue weighted by Gasteiger charge is -2.25. The van der Waals surface area contributed by atoms with Gasteiger partial charge in [0.15, 0.2) is 0 Å². The van der Waals surface area contributed by atoms with E-state index in [1.54, 1.807) is 37.4 Å². The Hall–Kier alpha value is -2.57. The third-order valence-corrected chi connectivity index (χ3v) is 6.25. The van der Waals surface area contributed by atoms with Gasteiger partial charge in [0.05, 0.1) is 28.7 Å². The van der Waals surface area contributed by atoms with Gasteiger partial charge in [-0.3, -0.25) is 9.29 Å². The third-order valence-electron chi connectivity index (χ3n) is 4.22. The summed E-state index contributed by atoms with van der Waals surface area (Å²) in [7, 11) is -3.55. The number of rotatable bonds is 7. The smallest absolute Gasteiger partial charge is 0.235 e. The second kappa shape index (κ2) is 8.63. The van der Waals surface area contributed by atoms with Crippen molar-refractivity contribution in [2.45, 2.75) is 20.4 Å². The van der Waals surface area contributed by atoms with E-state index in [0.29, 0.717) is 27.9 Å². The summed E-state index contributed by atoms with van der Waals surface area (Å²) in [5.41, 5.74) is 1.82. The zero-order valence-corrected chi connectivity index (χ0v) is 17.2. The Morgan fingerprint density at radius 2 is 1.79 bits per heavy atom. The van der Waals surface area contributed by atoms with E-state index in [9.17, 15) is 8.42 Å². The molecule has 0 fully saturated rings. The number of hydrogen-bond acceptors (Lipinski definition) is 4. The zero-order chi connectivity index (χ0) is 20.1. The standard InChI is InChI=1S/C21H21ClN2O3S/c1-3-28(25,26)24(15-17-9-7-8-12-23-17)20-13-16(2)21(14-19(20)22)27-18-10-5-4-6-11-18/h4-14H,3,15H2,1-2H3. The first-order valence-corrected chi connectivity index (χ1v) is 10.8. The average molecular weight is 417 g/mol. The normalized spacial score (nSPS) is 11.2. The van der Waals surface area contributed by atoms with Gasteiger partial charge in [0.25, 0.3) is 0 Å². The van der Waals surface area contributed by atoms with Crippen molar-refractivity contribution in [3.8, 4) is 11.5 Å². The molecule has 1 aromatic heterocycles. The maximum absolute atomic E-state index is 12.8. The molecule has 2 aromatic carbocycles. The molecule has 28 heavy (non-hydrogen) atoms. The van der Waals surface area contributed by atoms with Crippen LogP contribution in [0.1, 0.15) is 18.2 Å². The summed E-state index contributed by atoms with van der Waals surface area (Å²) in [5.74, 6) is 1.21. The van der Waals surface area contributed by atoms with E-state index < -0.39 is 10.0 Å². The Labute approximate surface area is 170 Å². The van der Waals surface area contributed by atoms with Crippen LogP contribution in [0.2, 0.25) is 5.02 Å². The van der Waals surface area contributed by atoms with Crippen LogP contribution < -0.4 is 9.04 Å². The number of pyridine rings is 1. The summed E-state index contributed by atoms with van der Waals surface area (Å²) < 4.78 is 32.7. The number of nitrogens with zero attached hydrogens (tertiary/aromatic N) is 2. The number of para-hydroxylation sites is 1. The SMILES string of the molecule is CCS(=O)(=O)N(Cc1ccccn1)c1cc(C)c(Oc2ccccc2)cc1Cl. The fraction of sp³-hybridized carbons (Fsp3) is 0.190. The number of aryl methyl sites for hydroxylation is 1. The number of anilines is 1. The van der Waals surface area contributed by atoms with Crippen LogP contribution in [0.5, 0.6) is 11.5 Å². The molecule has 0 bridgehead atoms. The molecule has 0 aliphatic rings. The lowest BCUT2D eigenvalue weighted by atomic mass is 10.2. The highest BCUT2D eigenvalue weighted by Crippen LogP contribution is 2.37. The van der Waals surface area contributed by atoms with E-state index in [0.717, 1.165) is 5.56 Å². The van der Waals surface area contributed by atoms with Gasteiger partial charge in [-0.15, -0.1) is 0 Å². The van der Waals surface area contributed by atoms with Crippen molar-refractivity contribution in [2.75, 3.05) is 10.1 Å². The zero-order valence-electron chi connectivity index (χ0n) is 15.7. The minimum absolute atomic E-state index is 0.0442. The van der Waals surface area contributed by atoms with Gasteiger partial charge in [0.2, 0.25) is 10.0 Å². The van der Waals surface area contributed by atoms with Gasteiger partial charge in [0.1, 0.15) is 11.5 Å². The van der Waals surface area contributed by atoms with Crippen molar-refractivity contribution in [1.29, 1.82) is 0 Å². The lowest BCUT2D eigenvalue weighted by molar-refractivity contribution is 0.479. The molecular formula is C21H21ClN2O3S. The number of benzene rings is 2. The van der Waals surface area contributed by atoms with Gasteiger partial charge >= 0.3 is 0 Å². The number of halogens is 1. The summed E-state index contributed by atoms with van der Waals surface area (Å²) in [5, 5.41) is 0.296. The van der Waals surface area contributed by atoms with E-state index in [-0.39, 0.29) is 12.3 Å². The van der Waals surface area contributed by atoms with Crippen molar-refractivity contribution < 1.29 is 13.2 Å². The van der Waals surface area contributed by atoms with Gasteiger partial charge in [-0.25, -0.2) is 8.42 Å². The van der Waals surface area contributed by atoms with Crippen molar-refractivity contribution in [3.05, 3.63) is 83.1 Å². The van der Waals surface area contributed by atoms with Crippen LogP contribution in [0.15, 0.2) is 66.9 Å². The molecule has 0 saturated carbocycles. The van der Waals surface area contributed by atoms with Gasteiger partial charge in [-0.2, -0.15) is 0 Å². The largest absolute Gasteiger partial charge is 0.457 e. The molecule has 146 valence electrons. The summed E-state index contributed by atoms with van der Waals surface area (Å²) >= 11 is 6.49. The monoisotopic (exact) mass is 416 g/mol. The fourth-order valence-electron chi connectivity index (χ4n) is 2.69. The Balaban J connectivity index is 1.99. The Morgan fingerprint density at radius 1 is 1.07 bits per heavy atom. The number of ether oxygens (including phenoxy) is 1. The van der Waals surface area contributed by atoms with E-state index in [4.69, 9.17) is 16.3 Å². The van der Waals surface area contributed by atoms with Crippen LogP contribution in [-0.2, 0) is 16.6 Å². The maximum Gasteiger partial charge on any atom is 0.235 e. The van der Waals surface area contributed by atoms with Crippen molar-refractivity contribution in [3.63, 3.8) is 0 Å². The fourth-order valence-corrected chi connectivity index (χ4v) is 4.09. The predicted molar refractivity (Wildman–Crippen MR) is 113 cm³/mol. The molecule has 0 amide bonds. The van der Waals surface area contributed by atoms with Crippen molar-refractivity contribution >= 4 is 27.3 Å². The molecule has 3 rings (SSSR count). The van der Waals surface area contributed by atoms with Crippen LogP contribution in [0.25, 0.3) is 0 Å².